The Kier molecular flexibility index (Phi) is 3.88. The van der Waals surface area contributed by atoms with Crippen molar-refractivity contribution in [2.75, 3.05) is 0 Å². The number of carbonyl (C=O) groups excluding carboxylic acids is 1. The first-order chi connectivity index (χ1) is 10.6. The molecule has 0 saturated heterocycles. The summed E-state index contributed by atoms with van der Waals surface area (Å²) >= 11 is 1.48. The maximum Gasteiger partial charge on any atom is 0.338 e. The van der Waals surface area contributed by atoms with Gasteiger partial charge in [0.25, 0.3) is 11.8 Å². The molecule has 0 unspecified atom stereocenters. The molecule has 1 N–H and O–H groups in total. The van der Waals surface area contributed by atoms with Crippen LogP contribution in [0.5, 0.6) is 5.75 Å². The number of hydrogen-bond donors (Lipinski definition) is 1. The summed E-state index contributed by atoms with van der Waals surface area (Å²) in [4.78, 5) is 12.8. The van der Waals surface area contributed by atoms with Crippen LogP contribution in [0.15, 0.2) is 40.1 Å². The first-order valence-electron chi connectivity index (χ1n) is 6.46. The standard InChI is InChI=1S/C15H12N2O4S/c1-9-4-5-10(7-11(9)18)15(19)20-8-13-16-17-14(21-13)12-3-2-6-22-12/h2-7,18H,8H2,1H3. The molecular weight excluding hydrogens is 304 g/mol. The summed E-state index contributed by atoms with van der Waals surface area (Å²) in [5, 5.41) is 19.2. The largest absolute Gasteiger partial charge is 0.508 e. The van der Waals surface area contributed by atoms with Crippen LogP contribution in [0.25, 0.3) is 10.8 Å². The van der Waals surface area contributed by atoms with Gasteiger partial charge in [-0.15, -0.1) is 21.5 Å². The SMILES string of the molecule is Cc1ccc(C(=O)OCc2nnc(-c3cccs3)o2)cc1O. The smallest absolute Gasteiger partial charge is 0.338 e. The molecule has 0 atom stereocenters. The Labute approximate surface area is 130 Å². The molecule has 0 aliphatic rings. The molecule has 0 fully saturated rings. The zero-order valence-corrected chi connectivity index (χ0v) is 12.5. The van der Waals surface area contributed by atoms with E-state index in [0.29, 0.717) is 11.5 Å². The van der Waals surface area contributed by atoms with E-state index in [1.807, 2.05) is 17.5 Å². The molecule has 3 rings (SSSR count). The van der Waals surface area contributed by atoms with Gasteiger partial charge in [0.05, 0.1) is 10.4 Å². The molecule has 7 heteroatoms. The molecule has 2 aromatic heterocycles. The fraction of sp³-hybridized carbons (Fsp3) is 0.133. The molecular formula is C15H12N2O4S. The summed E-state index contributed by atoms with van der Waals surface area (Å²) in [6, 6.07) is 8.34. The monoisotopic (exact) mass is 316 g/mol. The normalized spacial score (nSPS) is 10.6. The summed E-state index contributed by atoms with van der Waals surface area (Å²) in [5.41, 5.74) is 0.954. The summed E-state index contributed by atoms with van der Waals surface area (Å²) < 4.78 is 10.5. The van der Waals surface area contributed by atoms with Crippen molar-refractivity contribution in [1.29, 1.82) is 0 Å². The third kappa shape index (κ3) is 2.99. The van der Waals surface area contributed by atoms with Gasteiger partial charge in [-0.2, -0.15) is 0 Å². The molecule has 112 valence electrons. The van der Waals surface area contributed by atoms with Gasteiger partial charge in [-0.05, 0) is 36.1 Å². The van der Waals surface area contributed by atoms with Gasteiger partial charge in [0.2, 0.25) is 0 Å². The zero-order chi connectivity index (χ0) is 15.5. The molecule has 6 nitrogen and oxygen atoms in total. The Bertz CT molecular complexity index is 796. The van der Waals surface area contributed by atoms with Gasteiger partial charge in [-0.3, -0.25) is 0 Å². The van der Waals surface area contributed by atoms with Crippen LogP contribution in [0.4, 0.5) is 0 Å². The van der Waals surface area contributed by atoms with E-state index in [2.05, 4.69) is 10.2 Å². The molecule has 3 aromatic rings. The van der Waals surface area contributed by atoms with Gasteiger partial charge in [-0.25, -0.2) is 4.79 Å². The third-order valence-corrected chi connectivity index (χ3v) is 3.83. The van der Waals surface area contributed by atoms with Crippen LogP contribution in [-0.2, 0) is 11.3 Å². The van der Waals surface area contributed by atoms with Crippen LogP contribution >= 0.6 is 11.3 Å². The predicted octanol–water partition coefficient (Wildman–Crippen LogP) is 3.17. The fourth-order valence-electron chi connectivity index (χ4n) is 1.76. The lowest BCUT2D eigenvalue weighted by molar-refractivity contribution is 0.0438. The van der Waals surface area contributed by atoms with E-state index in [4.69, 9.17) is 9.15 Å². The van der Waals surface area contributed by atoms with Gasteiger partial charge < -0.3 is 14.3 Å². The lowest BCUT2D eigenvalue weighted by Crippen LogP contribution is -2.05. The minimum absolute atomic E-state index is 0.0484. The summed E-state index contributed by atoms with van der Waals surface area (Å²) in [6.45, 7) is 1.63. The minimum atomic E-state index is -0.564. The van der Waals surface area contributed by atoms with Gasteiger partial charge in [0.1, 0.15) is 5.75 Å². The van der Waals surface area contributed by atoms with Crippen LogP contribution in [0.1, 0.15) is 21.8 Å². The van der Waals surface area contributed by atoms with Crippen molar-refractivity contribution in [2.45, 2.75) is 13.5 Å². The lowest BCUT2D eigenvalue weighted by Gasteiger charge is -2.04. The molecule has 0 saturated carbocycles. The zero-order valence-electron chi connectivity index (χ0n) is 11.6. The topological polar surface area (TPSA) is 85.5 Å². The maximum atomic E-state index is 11.9. The van der Waals surface area contributed by atoms with Gasteiger partial charge in [0, 0.05) is 0 Å². The number of aromatic nitrogens is 2. The highest BCUT2D eigenvalue weighted by molar-refractivity contribution is 7.13. The molecule has 0 bridgehead atoms. The Balaban J connectivity index is 1.65. The molecule has 0 radical (unpaired) electrons. The number of carbonyl (C=O) groups is 1. The molecule has 2 heterocycles. The third-order valence-electron chi connectivity index (χ3n) is 2.97. The highest BCUT2D eigenvalue weighted by atomic mass is 32.1. The van der Waals surface area contributed by atoms with Crippen LogP contribution < -0.4 is 0 Å². The van der Waals surface area contributed by atoms with Crippen molar-refractivity contribution < 1.29 is 19.1 Å². The molecule has 0 amide bonds. The number of aryl methyl sites for hydroxylation is 1. The first kappa shape index (κ1) is 14.3. The summed E-state index contributed by atoms with van der Waals surface area (Å²) in [5.74, 6) is 0.0977. The van der Waals surface area contributed by atoms with E-state index in [1.165, 1.54) is 17.4 Å². The number of phenolic OH excluding ortho intramolecular Hbond substituents is 1. The lowest BCUT2D eigenvalue weighted by atomic mass is 10.1. The maximum absolute atomic E-state index is 11.9. The molecule has 1 aromatic carbocycles. The van der Waals surface area contributed by atoms with Crippen LogP contribution in [0.3, 0.4) is 0 Å². The number of nitrogens with zero attached hydrogens (tertiary/aromatic N) is 2. The van der Waals surface area contributed by atoms with Crippen LogP contribution in [-0.4, -0.2) is 21.3 Å². The molecule has 0 aliphatic carbocycles. The first-order valence-corrected chi connectivity index (χ1v) is 7.34. The van der Waals surface area contributed by atoms with Crippen LogP contribution in [0, 0.1) is 6.92 Å². The van der Waals surface area contributed by atoms with Crippen LogP contribution in [0.2, 0.25) is 0 Å². The number of hydrogen-bond acceptors (Lipinski definition) is 7. The molecule has 0 spiro atoms. The van der Waals surface area contributed by atoms with E-state index >= 15 is 0 Å². The second kappa shape index (κ2) is 5.98. The number of benzene rings is 1. The molecule has 0 aliphatic heterocycles. The van der Waals surface area contributed by atoms with Crippen molar-refractivity contribution in [3.8, 4) is 16.5 Å². The number of ether oxygens (including phenoxy) is 1. The quantitative estimate of drug-likeness (QED) is 0.744. The minimum Gasteiger partial charge on any atom is -0.508 e. The van der Waals surface area contributed by atoms with Crippen molar-refractivity contribution >= 4 is 17.3 Å². The number of aromatic hydroxyl groups is 1. The second-order valence-corrected chi connectivity index (χ2v) is 5.50. The van der Waals surface area contributed by atoms with E-state index in [1.54, 1.807) is 19.1 Å². The number of phenols is 1. The predicted molar refractivity (Wildman–Crippen MR) is 79.6 cm³/mol. The Hall–Kier alpha value is -2.67. The number of esters is 1. The van der Waals surface area contributed by atoms with Gasteiger partial charge >= 0.3 is 5.97 Å². The van der Waals surface area contributed by atoms with Crippen molar-refractivity contribution in [1.82, 2.24) is 10.2 Å². The van der Waals surface area contributed by atoms with Gasteiger partial charge in [-0.1, -0.05) is 12.1 Å². The van der Waals surface area contributed by atoms with E-state index in [-0.39, 0.29) is 23.8 Å². The van der Waals surface area contributed by atoms with Crippen molar-refractivity contribution in [2.24, 2.45) is 0 Å². The summed E-state index contributed by atoms with van der Waals surface area (Å²) in [7, 11) is 0. The highest BCUT2D eigenvalue weighted by Gasteiger charge is 2.13. The Morgan fingerprint density at radius 2 is 2.23 bits per heavy atom. The van der Waals surface area contributed by atoms with Gasteiger partial charge in [0.15, 0.2) is 6.61 Å². The molecule has 22 heavy (non-hydrogen) atoms. The highest BCUT2D eigenvalue weighted by Crippen LogP contribution is 2.23. The average molecular weight is 316 g/mol. The van der Waals surface area contributed by atoms with E-state index < -0.39 is 5.97 Å². The van der Waals surface area contributed by atoms with Crippen molar-refractivity contribution in [3.05, 3.63) is 52.7 Å². The Morgan fingerprint density at radius 3 is 2.95 bits per heavy atom. The number of rotatable bonds is 4. The second-order valence-electron chi connectivity index (χ2n) is 4.56. The van der Waals surface area contributed by atoms with E-state index in [9.17, 15) is 9.90 Å². The number of thiophene rings is 1. The van der Waals surface area contributed by atoms with E-state index in [0.717, 1.165) is 4.88 Å². The summed E-state index contributed by atoms with van der Waals surface area (Å²) in [6.07, 6.45) is 0. The average Bonchev–Trinajstić information content (AvgIpc) is 3.18. The fourth-order valence-corrected chi connectivity index (χ4v) is 2.40. The van der Waals surface area contributed by atoms with Crippen molar-refractivity contribution in [3.63, 3.8) is 0 Å². The Morgan fingerprint density at radius 1 is 1.36 bits per heavy atom.